The number of hydrogen-bond acceptors (Lipinski definition) is 0. The van der Waals surface area contributed by atoms with Gasteiger partial charge in [0.1, 0.15) is 5.82 Å². The molecule has 0 N–H and O–H groups in total. The molecule has 0 spiro atoms. The van der Waals surface area contributed by atoms with Crippen molar-refractivity contribution in [2.75, 3.05) is 0 Å². The lowest BCUT2D eigenvalue weighted by Crippen LogP contribution is -2.10. The lowest BCUT2D eigenvalue weighted by Gasteiger charge is -2.26. The molecule has 0 aliphatic carbocycles. The van der Waals surface area contributed by atoms with Gasteiger partial charge >= 0.3 is 0 Å². The monoisotopic (exact) mass is 394 g/mol. The number of halogens is 1. The second-order valence-corrected chi connectivity index (χ2v) is 11.6. The van der Waals surface area contributed by atoms with Gasteiger partial charge in [0, 0.05) is 0 Å². The Labute approximate surface area is 172 Å². The van der Waals surface area contributed by atoms with Crippen LogP contribution in [0.25, 0.3) is 0 Å². The summed E-state index contributed by atoms with van der Waals surface area (Å²) >= 11 is 0. The Bertz CT molecular complexity index is 851. The first-order valence-electron chi connectivity index (χ1n) is 9.82. The average Bonchev–Trinajstić information content (AvgIpc) is 2.63. The number of thiol groups is 1. The van der Waals surface area contributed by atoms with Crippen LogP contribution in [0.15, 0.2) is 87.5 Å². The molecule has 3 aromatic rings. The third kappa shape index (κ3) is 4.67. The Hall–Kier alpha value is -2.06. The van der Waals surface area contributed by atoms with Crippen LogP contribution in [-0.2, 0) is 10.8 Å². The van der Waals surface area contributed by atoms with Gasteiger partial charge in [-0.05, 0) is 85.2 Å². The molecule has 0 radical (unpaired) electrons. The molecule has 0 amide bonds. The zero-order chi connectivity index (χ0) is 20.5. The molecule has 0 saturated carbocycles. The molecule has 0 fully saturated rings. The molecule has 28 heavy (non-hydrogen) atoms. The minimum absolute atomic E-state index is 0.130. The standard InChI is InChI=1S/C26H31FS/c1-25(2,3)19-7-13-22(14-8-19)28(24-17-11-21(27)12-18-24)23-15-9-20(10-16-23)26(4,5)6/h7-18,28H,1-6H3. The van der Waals surface area contributed by atoms with Gasteiger partial charge in [0.05, 0.1) is 0 Å². The van der Waals surface area contributed by atoms with E-state index in [1.165, 1.54) is 25.8 Å². The highest BCUT2D eigenvalue weighted by molar-refractivity contribution is 8.17. The molecule has 148 valence electrons. The maximum Gasteiger partial charge on any atom is 0.123 e. The Kier molecular flexibility index (Phi) is 5.72. The minimum Gasteiger partial charge on any atom is -0.207 e. The molecule has 0 unspecified atom stereocenters. The Balaban J connectivity index is 2.06. The van der Waals surface area contributed by atoms with Crippen molar-refractivity contribution < 1.29 is 4.39 Å². The van der Waals surface area contributed by atoms with E-state index < -0.39 is 10.9 Å². The van der Waals surface area contributed by atoms with Crippen molar-refractivity contribution in [3.63, 3.8) is 0 Å². The summed E-state index contributed by atoms with van der Waals surface area (Å²) in [6.45, 7) is 13.4. The van der Waals surface area contributed by atoms with Crippen molar-refractivity contribution in [3.05, 3.63) is 89.7 Å². The summed E-state index contributed by atoms with van der Waals surface area (Å²) in [5.41, 5.74) is 2.92. The fourth-order valence-electron chi connectivity index (χ4n) is 3.26. The van der Waals surface area contributed by atoms with Gasteiger partial charge in [0.2, 0.25) is 0 Å². The summed E-state index contributed by atoms with van der Waals surface area (Å²) in [6, 6.07) is 24.9. The molecule has 0 saturated heterocycles. The van der Waals surface area contributed by atoms with Crippen molar-refractivity contribution in [3.8, 4) is 0 Å². The summed E-state index contributed by atoms with van der Waals surface area (Å²) in [6.07, 6.45) is 0. The van der Waals surface area contributed by atoms with Crippen LogP contribution in [0.2, 0.25) is 0 Å². The van der Waals surface area contributed by atoms with Crippen LogP contribution in [-0.4, -0.2) is 0 Å². The van der Waals surface area contributed by atoms with E-state index in [2.05, 4.69) is 90.1 Å². The Morgan fingerprint density at radius 3 is 1.07 bits per heavy atom. The summed E-state index contributed by atoms with van der Waals surface area (Å²) in [5.74, 6) is -0.190. The first-order chi connectivity index (χ1) is 13.1. The zero-order valence-corrected chi connectivity index (χ0v) is 18.6. The molecule has 0 nitrogen and oxygen atoms in total. The molecular weight excluding hydrogens is 363 g/mol. The normalized spacial score (nSPS) is 12.8. The van der Waals surface area contributed by atoms with Gasteiger partial charge in [0.15, 0.2) is 0 Å². The van der Waals surface area contributed by atoms with Gasteiger partial charge in [-0.3, -0.25) is 0 Å². The number of hydrogen-bond donors (Lipinski definition) is 1. The van der Waals surface area contributed by atoms with Gasteiger partial charge in [-0.25, -0.2) is 4.39 Å². The SMILES string of the molecule is CC(C)(C)c1ccc([SH](c2ccc(F)cc2)c2ccc(C(C)(C)C)cc2)cc1. The molecule has 0 bridgehead atoms. The summed E-state index contributed by atoms with van der Waals surface area (Å²) in [5, 5.41) is 0. The van der Waals surface area contributed by atoms with E-state index in [-0.39, 0.29) is 16.6 Å². The van der Waals surface area contributed by atoms with Crippen LogP contribution in [0.3, 0.4) is 0 Å². The summed E-state index contributed by atoms with van der Waals surface area (Å²) in [7, 11) is -0.722. The fraction of sp³-hybridized carbons (Fsp3) is 0.308. The minimum atomic E-state index is -0.722. The van der Waals surface area contributed by atoms with Gasteiger partial charge in [0.25, 0.3) is 0 Å². The summed E-state index contributed by atoms with van der Waals surface area (Å²) in [4.78, 5) is 3.75. The fourth-order valence-corrected chi connectivity index (χ4v) is 5.49. The van der Waals surface area contributed by atoms with Crippen molar-refractivity contribution in [1.29, 1.82) is 0 Å². The molecule has 0 aliphatic rings. The van der Waals surface area contributed by atoms with Crippen molar-refractivity contribution in [2.45, 2.75) is 67.1 Å². The first kappa shape index (κ1) is 20.7. The van der Waals surface area contributed by atoms with Crippen LogP contribution in [0.1, 0.15) is 52.7 Å². The maximum absolute atomic E-state index is 13.5. The van der Waals surface area contributed by atoms with Crippen molar-refractivity contribution in [2.24, 2.45) is 0 Å². The van der Waals surface area contributed by atoms with Gasteiger partial charge in [-0.15, -0.1) is 0 Å². The Morgan fingerprint density at radius 1 is 0.500 bits per heavy atom. The number of rotatable bonds is 3. The second kappa shape index (κ2) is 7.75. The smallest absolute Gasteiger partial charge is 0.123 e. The molecule has 0 aliphatic heterocycles. The van der Waals surface area contributed by atoms with Crippen LogP contribution in [0.5, 0.6) is 0 Å². The molecule has 0 atom stereocenters. The van der Waals surface area contributed by atoms with Crippen molar-refractivity contribution in [1.82, 2.24) is 0 Å². The molecule has 0 aromatic heterocycles. The van der Waals surface area contributed by atoms with E-state index in [4.69, 9.17) is 0 Å². The van der Waals surface area contributed by atoms with Crippen LogP contribution < -0.4 is 0 Å². The van der Waals surface area contributed by atoms with Crippen molar-refractivity contribution >= 4 is 10.9 Å². The predicted molar refractivity (Wildman–Crippen MR) is 120 cm³/mol. The van der Waals surface area contributed by atoms with E-state index >= 15 is 0 Å². The predicted octanol–water partition coefficient (Wildman–Crippen LogP) is 7.90. The Morgan fingerprint density at radius 2 is 0.786 bits per heavy atom. The van der Waals surface area contributed by atoms with Gasteiger partial charge in [-0.1, -0.05) is 65.8 Å². The largest absolute Gasteiger partial charge is 0.207 e. The highest BCUT2D eigenvalue weighted by atomic mass is 32.2. The first-order valence-corrected chi connectivity index (χ1v) is 11.2. The molecule has 3 aromatic carbocycles. The van der Waals surface area contributed by atoms with E-state index in [1.807, 2.05) is 12.1 Å². The van der Waals surface area contributed by atoms with Crippen LogP contribution in [0, 0.1) is 5.82 Å². The van der Waals surface area contributed by atoms with E-state index in [9.17, 15) is 4.39 Å². The molecule has 2 heteroatoms. The molecule has 3 rings (SSSR count). The lowest BCUT2D eigenvalue weighted by molar-refractivity contribution is 0.589. The van der Waals surface area contributed by atoms with Crippen LogP contribution in [0.4, 0.5) is 4.39 Å². The maximum atomic E-state index is 13.5. The van der Waals surface area contributed by atoms with Gasteiger partial charge in [-0.2, -0.15) is 10.9 Å². The molecule has 0 heterocycles. The lowest BCUT2D eigenvalue weighted by atomic mass is 9.87. The van der Waals surface area contributed by atoms with E-state index in [1.54, 1.807) is 12.1 Å². The van der Waals surface area contributed by atoms with Crippen LogP contribution >= 0.6 is 10.9 Å². The zero-order valence-electron chi connectivity index (χ0n) is 17.8. The van der Waals surface area contributed by atoms with E-state index in [0.717, 1.165) is 0 Å². The third-order valence-electron chi connectivity index (χ3n) is 5.07. The van der Waals surface area contributed by atoms with E-state index in [0.29, 0.717) is 0 Å². The average molecular weight is 395 g/mol. The summed E-state index contributed by atoms with van der Waals surface area (Å²) < 4.78 is 13.5. The third-order valence-corrected chi connectivity index (χ3v) is 7.51. The second-order valence-electron chi connectivity index (χ2n) is 9.41. The van der Waals surface area contributed by atoms with Gasteiger partial charge < -0.3 is 0 Å². The highest BCUT2D eigenvalue weighted by Crippen LogP contribution is 2.51. The highest BCUT2D eigenvalue weighted by Gasteiger charge is 2.18. The molecular formula is C26H31FS. The number of benzene rings is 3. The topological polar surface area (TPSA) is 0 Å². The quantitative estimate of drug-likeness (QED) is 0.429.